The number of benzene rings is 1. The van der Waals surface area contributed by atoms with Gasteiger partial charge in [0.2, 0.25) is 0 Å². The van der Waals surface area contributed by atoms with Crippen molar-refractivity contribution in [3.05, 3.63) is 42.4 Å². The Morgan fingerprint density at radius 3 is 2.86 bits per heavy atom. The highest BCUT2D eigenvalue weighted by Gasteiger charge is 2.16. The van der Waals surface area contributed by atoms with E-state index in [0.29, 0.717) is 0 Å². The normalized spacial score (nSPS) is 11.3. The SMILES string of the molecule is COc1ccc2c(c1)sc1c(C)nc(-c3ccnnc3)n12. The van der Waals surface area contributed by atoms with Gasteiger partial charge in [-0.15, -0.1) is 11.3 Å². The minimum atomic E-state index is 0.866. The zero-order valence-corrected chi connectivity index (χ0v) is 12.4. The summed E-state index contributed by atoms with van der Waals surface area (Å²) in [6, 6.07) is 8.02. The van der Waals surface area contributed by atoms with E-state index in [2.05, 4.69) is 31.7 Å². The molecule has 4 aromatic rings. The number of aryl methyl sites for hydroxylation is 1. The fraction of sp³-hybridized carbons (Fsp3) is 0.133. The van der Waals surface area contributed by atoms with Gasteiger partial charge in [-0.1, -0.05) is 0 Å². The van der Waals surface area contributed by atoms with Gasteiger partial charge in [-0.25, -0.2) is 4.98 Å². The van der Waals surface area contributed by atoms with Crippen LogP contribution in [0, 0.1) is 6.92 Å². The lowest BCUT2D eigenvalue weighted by Crippen LogP contribution is -1.90. The number of methoxy groups -OCH3 is 1. The van der Waals surface area contributed by atoms with Crippen LogP contribution in [0.3, 0.4) is 0 Å². The molecule has 0 saturated carbocycles. The molecule has 0 fully saturated rings. The monoisotopic (exact) mass is 296 g/mol. The van der Waals surface area contributed by atoms with E-state index in [1.165, 1.54) is 4.70 Å². The maximum atomic E-state index is 5.30. The van der Waals surface area contributed by atoms with Crippen LogP contribution in [0.4, 0.5) is 0 Å². The lowest BCUT2D eigenvalue weighted by Gasteiger charge is -2.01. The first-order chi connectivity index (χ1) is 10.3. The molecule has 4 rings (SSSR count). The largest absolute Gasteiger partial charge is 0.497 e. The summed E-state index contributed by atoms with van der Waals surface area (Å²) in [5, 5.41) is 7.78. The van der Waals surface area contributed by atoms with Crippen molar-refractivity contribution in [2.75, 3.05) is 7.11 Å². The number of thiazole rings is 1. The number of nitrogens with zero attached hydrogens (tertiary/aromatic N) is 4. The lowest BCUT2D eigenvalue weighted by molar-refractivity contribution is 0.415. The van der Waals surface area contributed by atoms with E-state index in [9.17, 15) is 0 Å². The second-order valence-corrected chi connectivity index (χ2v) is 5.76. The Balaban J connectivity index is 2.09. The van der Waals surface area contributed by atoms with Crippen molar-refractivity contribution in [3.63, 3.8) is 0 Å². The molecule has 0 saturated heterocycles. The summed E-state index contributed by atoms with van der Waals surface area (Å²) in [6.07, 6.45) is 3.42. The molecule has 0 amide bonds. The quantitative estimate of drug-likeness (QED) is 0.569. The van der Waals surface area contributed by atoms with Crippen molar-refractivity contribution in [2.24, 2.45) is 0 Å². The van der Waals surface area contributed by atoms with Crippen molar-refractivity contribution < 1.29 is 4.74 Å². The summed E-state index contributed by atoms with van der Waals surface area (Å²) >= 11 is 1.72. The van der Waals surface area contributed by atoms with E-state index in [1.54, 1.807) is 30.8 Å². The number of hydrogen-bond acceptors (Lipinski definition) is 5. The molecule has 5 nitrogen and oxygen atoms in total. The Morgan fingerprint density at radius 1 is 1.19 bits per heavy atom. The maximum Gasteiger partial charge on any atom is 0.147 e. The average molecular weight is 296 g/mol. The molecule has 0 aliphatic rings. The fourth-order valence-corrected chi connectivity index (χ4v) is 3.58. The van der Waals surface area contributed by atoms with Gasteiger partial charge in [-0.2, -0.15) is 10.2 Å². The molecule has 0 radical (unpaired) electrons. The number of fused-ring (bicyclic) bond motifs is 3. The van der Waals surface area contributed by atoms with E-state index >= 15 is 0 Å². The van der Waals surface area contributed by atoms with Crippen LogP contribution in [0.2, 0.25) is 0 Å². The Kier molecular flexibility index (Phi) is 2.65. The van der Waals surface area contributed by atoms with Crippen LogP contribution in [-0.4, -0.2) is 26.7 Å². The van der Waals surface area contributed by atoms with E-state index in [1.807, 2.05) is 19.1 Å². The highest BCUT2D eigenvalue weighted by molar-refractivity contribution is 7.24. The lowest BCUT2D eigenvalue weighted by atomic mass is 10.3. The molecule has 1 aromatic carbocycles. The highest BCUT2D eigenvalue weighted by atomic mass is 32.1. The summed E-state index contributed by atoms with van der Waals surface area (Å²) in [6.45, 7) is 2.03. The van der Waals surface area contributed by atoms with Gasteiger partial charge in [0, 0.05) is 5.56 Å². The average Bonchev–Trinajstić information content (AvgIpc) is 3.05. The maximum absolute atomic E-state index is 5.30. The molecule has 6 heteroatoms. The highest BCUT2D eigenvalue weighted by Crippen LogP contribution is 2.35. The van der Waals surface area contributed by atoms with E-state index < -0.39 is 0 Å². The smallest absolute Gasteiger partial charge is 0.147 e. The van der Waals surface area contributed by atoms with E-state index in [-0.39, 0.29) is 0 Å². The van der Waals surface area contributed by atoms with Gasteiger partial charge >= 0.3 is 0 Å². The van der Waals surface area contributed by atoms with Gasteiger partial charge in [0.1, 0.15) is 16.4 Å². The number of ether oxygens (including phenoxy) is 1. The molecule has 0 bridgehead atoms. The molecule has 104 valence electrons. The predicted molar refractivity (Wildman–Crippen MR) is 82.9 cm³/mol. The van der Waals surface area contributed by atoms with Gasteiger partial charge < -0.3 is 4.74 Å². The molecular weight excluding hydrogens is 284 g/mol. The van der Waals surface area contributed by atoms with Crippen LogP contribution in [0.5, 0.6) is 5.75 Å². The molecule has 0 N–H and O–H groups in total. The van der Waals surface area contributed by atoms with E-state index in [4.69, 9.17) is 4.74 Å². The summed E-state index contributed by atoms with van der Waals surface area (Å²) in [7, 11) is 1.68. The first kappa shape index (κ1) is 12.3. The number of hydrogen-bond donors (Lipinski definition) is 0. The van der Waals surface area contributed by atoms with Crippen molar-refractivity contribution in [1.29, 1.82) is 0 Å². The first-order valence-electron chi connectivity index (χ1n) is 6.50. The molecular formula is C15H12N4OS. The zero-order valence-electron chi connectivity index (χ0n) is 11.6. The predicted octanol–water partition coefficient (Wildman–Crippen LogP) is 3.32. The topological polar surface area (TPSA) is 52.3 Å². The minimum absolute atomic E-state index is 0.866. The third kappa shape index (κ3) is 1.80. The minimum Gasteiger partial charge on any atom is -0.497 e. The van der Waals surface area contributed by atoms with Gasteiger partial charge in [0.25, 0.3) is 0 Å². The molecule has 3 aromatic heterocycles. The molecule has 0 atom stereocenters. The molecule has 0 unspecified atom stereocenters. The van der Waals surface area contributed by atoms with Gasteiger partial charge in [0.05, 0.1) is 35.4 Å². The molecule has 0 aliphatic carbocycles. The fourth-order valence-electron chi connectivity index (χ4n) is 2.47. The number of imidazole rings is 1. The van der Waals surface area contributed by atoms with Crippen molar-refractivity contribution in [2.45, 2.75) is 6.92 Å². The van der Waals surface area contributed by atoms with Crippen molar-refractivity contribution in [3.8, 4) is 17.1 Å². The van der Waals surface area contributed by atoms with E-state index in [0.717, 1.165) is 33.2 Å². The van der Waals surface area contributed by atoms with Gasteiger partial charge in [0.15, 0.2) is 0 Å². The van der Waals surface area contributed by atoms with Crippen LogP contribution in [0.25, 0.3) is 26.4 Å². The van der Waals surface area contributed by atoms with Crippen LogP contribution in [0.1, 0.15) is 5.69 Å². The molecule has 0 aliphatic heterocycles. The summed E-state index contributed by atoms with van der Waals surface area (Å²) in [5.74, 6) is 1.76. The van der Waals surface area contributed by atoms with Crippen molar-refractivity contribution >= 4 is 26.4 Å². The third-order valence-corrected chi connectivity index (χ3v) is 4.67. The van der Waals surface area contributed by atoms with Crippen LogP contribution in [0.15, 0.2) is 36.7 Å². The summed E-state index contributed by atoms with van der Waals surface area (Å²) in [5.41, 5.74) is 3.11. The first-order valence-corrected chi connectivity index (χ1v) is 7.32. The second kappa shape index (κ2) is 4.53. The number of aromatic nitrogens is 4. The summed E-state index contributed by atoms with van der Waals surface area (Å²) in [4.78, 5) is 5.83. The van der Waals surface area contributed by atoms with Gasteiger partial charge in [-0.3, -0.25) is 4.40 Å². The van der Waals surface area contributed by atoms with Crippen LogP contribution < -0.4 is 4.74 Å². The Morgan fingerprint density at radius 2 is 2.10 bits per heavy atom. The Labute approximate surface area is 124 Å². The number of rotatable bonds is 2. The van der Waals surface area contributed by atoms with Gasteiger partial charge in [-0.05, 0) is 31.2 Å². The zero-order chi connectivity index (χ0) is 14.4. The molecule has 0 spiro atoms. The Hall–Kier alpha value is -2.47. The molecule has 21 heavy (non-hydrogen) atoms. The van der Waals surface area contributed by atoms with Crippen LogP contribution >= 0.6 is 11.3 Å². The van der Waals surface area contributed by atoms with Crippen molar-refractivity contribution in [1.82, 2.24) is 19.6 Å². The van der Waals surface area contributed by atoms with Crippen LogP contribution in [-0.2, 0) is 0 Å². The third-order valence-electron chi connectivity index (χ3n) is 3.45. The molecule has 3 heterocycles. The standard InChI is InChI=1S/C15H12N4OS/c1-9-15-19(14(18-9)10-5-6-16-17-8-10)12-4-3-11(20-2)7-13(12)21-15/h3-8H,1-2H3. The summed E-state index contributed by atoms with van der Waals surface area (Å²) < 4.78 is 8.65. The Bertz CT molecular complexity index is 943. The second-order valence-electron chi connectivity index (χ2n) is 4.73.